The van der Waals surface area contributed by atoms with Gasteiger partial charge in [-0.2, -0.15) is 0 Å². The minimum absolute atomic E-state index is 0.105. The molecule has 17 nitrogen and oxygen atoms in total. The summed E-state index contributed by atoms with van der Waals surface area (Å²) in [6.45, 7) is 9.53. The van der Waals surface area contributed by atoms with Gasteiger partial charge in [-0.1, -0.05) is 363 Å². The number of carbonyl (C=O) groups is 4. The molecule has 5 atom stereocenters. The quantitative estimate of drug-likeness (QED) is 0.0222. The molecule has 0 saturated heterocycles. The summed E-state index contributed by atoms with van der Waals surface area (Å²) in [7, 11) is -9.91. The Morgan fingerprint density at radius 3 is 0.694 bits per heavy atom. The Hall–Kier alpha value is -1.94. The van der Waals surface area contributed by atoms with Crippen LogP contribution >= 0.6 is 15.6 Å². The summed E-state index contributed by atoms with van der Waals surface area (Å²) in [5, 5.41) is 10.6. The minimum Gasteiger partial charge on any atom is -0.462 e. The Kier molecular flexibility index (Phi) is 69.3. The average Bonchev–Trinajstić information content (AvgIpc) is 1.29. The molecule has 0 radical (unpaired) electrons. The highest BCUT2D eigenvalue weighted by Gasteiger charge is 2.30. The van der Waals surface area contributed by atoms with E-state index in [-0.39, 0.29) is 25.7 Å². The third kappa shape index (κ3) is 72.4. The van der Waals surface area contributed by atoms with Gasteiger partial charge < -0.3 is 33.8 Å². The lowest BCUT2D eigenvalue weighted by Crippen LogP contribution is -2.30. The van der Waals surface area contributed by atoms with Crippen molar-refractivity contribution < 1.29 is 80.2 Å². The fourth-order valence-corrected chi connectivity index (χ4v) is 13.8. The average molecular weight is 1440 g/mol. The van der Waals surface area contributed by atoms with Crippen LogP contribution < -0.4 is 0 Å². The summed E-state index contributed by atoms with van der Waals surface area (Å²) in [4.78, 5) is 72.9. The number of rotatable bonds is 78. The van der Waals surface area contributed by atoms with Crippen LogP contribution in [-0.4, -0.2) is 96.7 Å². The number of aliphatic hydroxyl groups excluding tert-OH is 1. The SMILES string of the molecule is CCCCCCCCCCCCCCCCCCCCC(=O)OC[C@H](COP(=O)(O)OC[C@@H](O)COP(=O)(O)OC[C@@H](COC(=O)CCCCCCCCC(C)C)OC(=O)CCCCCCCCCCCCC(C)C)OC(=O)CCCCCCCCCCCCCCCCCCCC. The Balaban J connectivity index is 5.22. The van der Waals surface area contributed by atoms with Crippen LogP contribution in [0.3, 0.4) is 0 Å². The third-order valence-electron chi connectivity index (χ3n) is 18.5. The van der Waals surface area contributed by atoms with Gasteiger partial charge in [0.25, 0.3) is 0 Å². The predicted octanol–water partition coefficient (Wildman–Crippen LogP) is 23.5. The summed E-state index contributed by atoms with van der Waals surface area (Å²) >= 11 is 0. The number of ether oxygens (including phenoxy) is 4. The van der Waals surface area contributed by atoms with E-state index in [1.54, 1.807) is 0 Å². The monoisotopic (exact) mass is 1440 g/mol. The van der Waals surface area contributed by atoms with E-state index in [4.69, 9.17) is 37.0 Å². The molecule has 0 rings (SSSR count). The zero-order valence-electron chi connectivity index (χ0n) is 64.1. The molecule has 0 heterocycles. The van der Waals surface area contributed by atoms with Crippen LogP contribution in [0.5, 0.6) is 0 Å². The van der Waals surface area contributed by atoms with Gasteiger partial charge >= 0.3 is 39.5 Å². The highest BCUT2D eigenvalue weighted by atomic mass is 31.2. The molecule has 0 amide bonds. The van der Waals surface area contributed by atoms with E-state index < -0.39 is 97.5 Å². The van der Waals surface area contributed by atoms with Gasteiger partial charge in [0.15, 0.2) is 12.2 Å². The molecule has 19 heteroatoms. The molecule has 0 aromatic heterocycles. The second-order valence-corrected chi connectivity index (χ2v) is 32.3. The Bertz CT molecular complexity index is 1890. The normalized spacial score (nSPS) is 13.9. The van der Waals surface area contributed by atoms with Crippen molar-refractivity contribution >= 4 is 39.5 Å². The lowest BCUT2D eigenvalue weighted by atomic mass is 10.0. The van der Waals surface area contributed by atoms with Gasteiger partial charge in [0.05, 0.1) is 26.4 Å². The number of phosphoric acid groups is 2. The van der Waals surface area contributed by atoms with Crippen molar-refractivity contribution in [3.05, 3.63) is 0 Å². The molecule has 0 aromatic carbocycles. The van der Waals surface area contributed by atoms with E-state index in [0.717, 1.165) is 102 Å². The Labute approximate surface area is 600 Å². The van der Waals surface area contributed by atoms with Gasteiger partial charge in [0, 0.05) is 25.7 Å². The summed E-state index contributed by atoms with van der Waals surface area (Å²) < 4.78 is 68.6. The van der Waals surface area contributed by atoms with E-state index >= 15 is 0 Å². The number of hydrogen-bond donors (Lipinski definition) is 3. The number of esters is 4. The van der Waals surface area contributed by atoms with Gasteiger partial charge in [0.2, 0.25) is 0 Å². The number of aliphatic hydroxyl groups is 1. The Morgan fingerprint density at radius 1 is 0.276 bits per heavy atom. The molecule has 0 aliphatic heterocycles. The molecule has 0 bridgehead atoms. The largest absolute Gasteiger partial charge is 0.472 e. The molecule has 0 aliphatic carbocycles. The smallest absolute Gasteiger partial charge is 0.462 e. The van der Waals surface area contributed by atoms with Crippen LogP contribution in [0.2, 0.25) is 0 Å². The zero-order chi connectivity index (χ0) is 72.1. The number of carbonyl (C=O) groups excluding carboxylic acids is 4. The lowest BCUT2D eigenvalue weighted by molar-refractivity contribution is -0.161. The predicted molar refractivity (Wildman–Crippen MR) is 400 cm³/mol. The zero-order valence-corrected chi connectivity index (χ0v) is 65.9. The highest BCUT2D eigenvalue weighted by Crippen LogP contribution is 2.45. The van der Waals surface area contributed by atoms with Gasteiger partial charge in [-0.25, -0.2) is 9.13 Å². The maximum atomic E-state index is 13.1. The van der Waals surface area contributed by atoms with Crippen molar-refractivity contribution in [3.8, 4) is 0 Å². The molecule has 0 spiro atoms. The fraction of sp³-hybridized carbons (Fsp3) is 0.949. The van der Waals surface area contributed by atoms with E-state index in [0.29, 0.717) is 31.6 Å². The molecule has 98 heavy (non-hydrogen) atoms. The molecule has 0 aromatic rings. The summed E-state index contributed by atoms with van der Waals surface area (Å²) in [6.07, 6.45) is 59.9. The van der Waals surface area contributed by atoms with Crippen LogP contribution in [0.25, 0.3) is 0 Å². The van der Waals surface area contributed by atoms with Crippen molar-refractivity contribution in [1.29, 1.82) is 0 Å². The fourth-order valence-electron chi connectivity index (χ4n) is 12.2. The molecule has 582 valence electrons. The maximum Gasteiger partial charge on any atom is 0.472 e. The van der Waals surface area contributed by atoms with Crippen LogP contribution in [0.1, 0.15) is 414 Å². The van der Waals surface area contributed by atoms with Crippen molar-refractivity contribution in [2.45, 2.75) is 432 Å². The van der Waals surface area contributed by atoms with E-state index in [9.17, 15) is 43.2 Å². The number of phosphoric ester groups is 2. The van der Waals surface area contributed by atoms with E-state index in [1.165, 1.54) is 225 Å². The standard InChI is InChI=1S/C79H154O17P2/c1-7-9-11-13-15-17-19-21-23-25-27-29-31-33-38-42-49-55-61-76(81)89-67-74(95-78(83)63-57-51-43-39-34-32-30-28-26-24-22-20-18-16-14-12-10-8-2)69-93-97(85,86)91-65-73(80)66-92-98(87,88)94-70-75(68-90-77(82)62-56-50-46-45-48-54-60-72(5)6)96-79(84)64-58-52-44-40-36-35-37-41-47-53-59-71(3)4/h71-75,80H,7-70H2,1-6H3,(H,85,86)(H,87,88)/t73-,74-,75-/m1/s1. The molecule has 0 fully saturated rings. The first-order chi connectivity index (χ1) is 47.4. The van der Waals surface area contributed by atoms with E-state index in [2.05, 4.69) is 41.5 Å². The van der Waals surface area contributed by atoms with Crippen LogP contribution in [0, 0.1) is 11.8 Å². The number of hydrogen-bond acceptors (Lipinski definition) is 15. The van der Waals surface area contributed by atoms with Crippen molar-refractivity contribution in [1.82, 2.24) is 0 Å². The van der Waals surface area contributed by atoms with E-state index in [1.807, 2.05) is 0 Å². The first kappa shape index (κ1) is 96.1. The summed E-state index contributed by atoms with van der Waals surface area (Å²) in [6, 6.07) is 0. The lowest BCUT2D eigenvalue weighted by Gasteiger charge is -2.21. The third-order valence-corrected chi connectivity index (χ3v) is 20.4. The molecule has 0 aliphatic rings. The molecule has 0 saturated carbocycles. The van der Waals surface area contributed by atoms with Gasteiger partial charge in [-0.05, 0) is 37.5 Å². The van der Waals surface area contributed by atoms with Crippen molar-refractivity contribution in [2.24, 2.45) is 11.8 Å². The molecular formula is C79H154O17P2. The highest BCUT2D eigenvalue weighted by molar-refractivity contribution is 7.47. The number of unbranched alkanes of at least 4 members (excludes halogenated alkanes) is 48. The van der Waals surface area contributed by atoms with Crippen LogP contribution in [-0.2, 0) is 65.4 Å². The van der Waals surface area contributed by atoms with Crippen LogP contribution in [0.15, 0.2) is 0 Å². The van der Waals surface area contributed by atoms with Gasteiger partial charge in [-0.3, -0.25) is 37.3 Å². The van der Waals surface area contributed by atoms with Crippen LogP contribution in [0.4, 0.5) is 0 Å². The summed E-state index contributed by atoms with van der Waals surface area (Å²) in [5.41, 5.74) is 0. The Morgan fingerprint density at radius 2 is 0.469 bits per heavy atom. The summed E-state index contributed by atoms with van der Waals surface area (Å²) in [5.74, 6) is -0.682. The molecular weight excluding hydrogens is 1280 g/mol. The second-order valence-electron chi connectivity index (χ2n) is 29.4. The van der Waals surface area contributed by atoms with Crippen molar-refractivity contribution in [3.63, 3.8) is 0 Å². The van der Waals surface area contributed by atoms with Crippen molar-refractivity contribution in [2.75, 3.05) is 39.6 Å². The molecule has 3 N–H and O–H groups in total. The minimum atomic E-state index is -4.96. The topological polar surface area (TPSA) is 237 Å². The van der Waals surface area contributed by atoms with Gasteiger partial charge in [0.1, 0.15) is 19.3 Å². The first-order valence-electron chi connectivity index (χ1n) is 41.0. The van der Waals surface area contributed by atoms with Gasteiger partial charge in [-0.15, -0.1) is 0 Å². The first-order valence-corrected chi connectivity index (χ1v) is 44.0. The molecule has 2 unspecified atom stereocenters. The maximum absolute atomic E-state index is 13.1. The second kappa shape index (κ2) is 70.7.